The zero-order chi connectivity index (χ0) is 16.1. The largest absolute Gasteiger partial charge is 0.452 e. The Balaban J connectivity index is 1.59. The Hall–Kier alpha value is -2.44. The molecular weight excluding hydrogens is 336 g/mol. The Kier molecular flexibility index (Phi) is 4.85. The number of aromatic nitrogens is 2. The van der Waals surface area contributed by atoms with Crippen molar-refractivity contribution in [2.75, 3.05) is 0 Å². The van der Waals surface area contributed by atoms with E-state index in [1.165, 1.54) is 17.4 Å². The fraction of sp³-hybridized carbons (Fsp3) is 0.0625. The fourth-order valence-electron chi connectivity index (χ4n) is 1.78. The molecule has 3 rings (SSSR count). The summed E-state index contributed by atoms with van der Waals surface area (Å²) in [7, 11) is 0. The average molecular weight is 347 g/mol. The van der Waals surface area contributed by atoms with E-state index in [9.17, 15) is 4.79 Å². The van der Waals surface area contributed by atoms with E-state index in [-0.39, 0.29) is 12.5 Å². The monoisotopic (exact) mass is 346 g/mol. The number of nitrogens with zero attached hydrogens (tertiary/aromatic N) is 2. The third-order valence-electron chi connectivity index (χ3n) is 2.85. The molecule has 0 spiro atoms. The molecule has 116 valence electrons. The van der Waals surface area contributed by atoms with Crippen LogP contribution in [-0.4, -0.2) is 16.1 Å². The van der Waals surface area contributed by atoms with E-state index in [4.69, 9.17) is 20.9 Å². The number of thiophene rings is 1. The maximum Gasteiger partial charge on any atom is 0.331 e. The second-order valence-corrected chi connectivity index (χ2v) is 5.83. The Labute approximate surface area is 141 Å². The molecule has 7 heteroatoms. The molecule has 5 nitrogen and oxygen atoms in total. The summed E-state index contributed by atoms with van der Waals surface area (Å²) in [5.74, 6) is 0.0875. The molecule has 23 heavy (non-hydrogen) atoms. The van der Waals surface area contributed by atoms with Crippen LogP contribution in [0.15, 0.2) is 52.4 Å². The number of halogens is 1. The molecule has 1 aromatic carbocycles. The van der Waals surface area contributed by atoms with Gasteiger partial charge in [-0.05, 0) is 29.7 Å². The molecule has 0 amide bonds. The average Bonchev–Trinajstić information content (AvgIpc) is 3.23. The first kappa shape index (κ1) is 15.5. The number of esters is 1. The number of rotatable bonds is 5. The summed E-state index contributed by atoms with van der Waals surface area (Å²) < 4.78 is 10.1. The molecule has 0 aliphatic carbocycles. The smallest absolute Gasteiger partial charge is 0.331 e. The second kappa shape index (κ2) is 7.21. The van der Waals surface area contributed by atoms with Gasteiger partial charge >= 0.3 is 5.97 Å². The summed E-state index contributed by atoms with van der Waals surface area (Å²) in [6.45, 7) is -0.0922. The number of hydrogen-bond acceptors (Lipinski definition) is 6. The summed E-state index contributed by atoms with van der Waals surface area (Å²) in [6, 6.07) is 11.0. The van der Waals surface area contributed by atoms with Gasteiger partial charge in [-0.3, -0.25) is 0 Å². The Morgan fingerprint density at radius 2 is 2.17 bits per heavy atom. The zero-order valence-electron chi connectivity index (χ0n) is 11.8. The minimum absolute atomic E-state index is 0.0922. The van der Waals surface area contributed by atoms with Crippen LogP contribution in [0.1, 0.15) is 10.8 Å². The van der Waals surface area contributed by atoms with Crippen molar-refractivity contribution in [1.82, 2.24) is 10.1 Å². The van der Waals surface area contributed by atoms with Crippen LogP contribution in [0.25, 0.3) is 17.5 Å². The lowest BCUT2D eigenvalue weighted by Crippen LogP contribution is -2.00. The predicted molar refractivity (Wildman–Crippen MR) is 87.9 cm³/mol. The van der Waals surface area contributed by atoms with Gasteiger partial charge in [-0.15, -0.1) is 11.3 Å². The maximum absolute atomic E-state index is 11.6. The van der Waals surface area contributed by atoms with Crippen LogP contribution in [0.3, 0.4) is 0 Å². The summed E-state index contributed by atoms with van der Waals surface area (Å²) in [5.41, 5.74) is 0.660. The van der Waals surface area contributed by atoms with Gasteiger partial charge < -0.3 is 9.26 Å². The van der Waals surface area contributed by atoms with Crippen LogP contribution >= 0.6 is 22.9 Å². The molecule has 0 N–H and O–H groups in total. The molecule has 2 aromatic heterocycles. The number of ether oxygens (including phenoxy) is 1. The van der Waals surface area contributed by atoms with Gasteiger partial charge in [0, 0.05) is 16.5 Å². The number of benzene rings is 1. The molecule has 0 atom stereocenters. The number of carbonyl (C=O) groups is 1. The van der Waals surface area contributed by atoms with Crippen molar-refractivity contribution in [1.29, 1.82) is 0 Å². The first-order chi connectivity index (χ1) is 11.2. The standard InChI is InChI=1S/C16H11ClN2O3S/c17-13-6-2-1-5-12(13)16-18-14(22-19-16)10-21-15(20)8-7-11-4-3-9-23-11/h1-9H,10H2/b8-7+. The first-order valence-corrected chi connectivity index (χ1v) is 7.94. The normalized spacial score (nSPS) is 11.0. The van der Waals surface area contributed by atoms with Gasteiger partial charge in [0.1, 0.15) is 0 Å². The van der Waals surface area contributed by atoms with E-state index < -0.39 is 5.97 Å². The Bertz CT molecular complexity index is 827. The van der Waals surface area contributed by atoms with Crippen molar-refractivity contribution in [3.63, 3.8) is 0 Å². The summed E-state index contributed by atoms with van der Waals surface area (Å²) in [4.78, 5) is 16.8. The van der Waals surface area contributed by atoms with E-state index >= 15 is 0 Å². The van der Waals surface area contributed by atoms with Crippen molar-refractivity contribution in [3.8, 4) is 11.4 Å². The quantitative estimate of drug-likeness (QED) is 0.511. The molecule has 0 aliphatic heterocycles. The highest BCUT2D eigenvalue weighted by atomic mass is 35.5. The topological polar surface area (TPSA) is 65.2 Å². The SMILES string of the molecule is O=C(/C=C/c1cccs1)OCc1nc(-c2ccccc2Cl)no1. The summed E-state index contributed by atoms with van der Waals surface area (Å²) >= 11 is 7.60. The second-order valence-electron chi connectivity index (χ2n) is 4.45. The van der Waals surface area contributed by atoms with Crippen molar-refractivity contribution >= 4 is 35.0 Å². The zero-order valence-corrected chi connectivity index (χ0v) is 13.4. The van der Waals surface area contributed by atoms with Gasteiger partial charge in [0.05, 0.1) is 5.02 Å². The van der Waals surface area contributed by atoms with Crippen LogP contribution in [-0.2, 0) is 16.1 Å². The predicted octanol–water partition coefficient (Wildman–Crippen LogP) is 4.21. The van der Waals surface area contributed by atoms with Crippen molar-refractivity contribution < 1.29 is 14.1 Å². The molecule has 2 heterocycles. The Morgan fingerprint density at radius 1 is 1.30 bits per heavy atom. The minimum Gasteiger partial charge on any atom is -0.452 e. The lowest BCUT2D eigenvalue weighted by Gasteiger charge is -1.97. The molecule has 3 aromatic rings. The van der Waals surface area contributed by atoms with Gasteiger partial charge in [0.15, 0.2) is 6.61 Å². The van der Waals surface area contributed by atoms with E-state index in [1.54, 1.807) is 18.2 Å². The molecule has 0 saturated heterocycles. The van der Waals surface area contributed by atoms with Gasteiger partial charge in [-0.1, -0.05) is 35.0 Å². The minimum atomic E-state index is -0.476. The van der Waals surface area contributed by atoms with Crippen molar-refractivity contribution in [2.24, 2.45) is 0 Å². The molecule has 0 unspecified atom stereocenters. The van der Waals surface area contributed by atoms with E-state index in [0.29, 0.717) is 16.4 Å². The molecule has 0 aliphatic rings. The third-order valence-corrected chi connectivity index (χ3v) is 4.01. The van der Waals surface area contributed by atoms with Gasteiger partial charge in [0.2, 0.25) is 5.82 Å². The summed E-state index contributed by atoms with van der Waals surface area (Å²) in [5, 5.41) is 6.29. The van der Waals surface area contributed by atoms with Crippen LogP contribution in [0.5, 0.6) is 0 Å². The van der Waals surface area contributed by atoms with Crippen LogP contribution < -0.4 is 0 Å². The third kappa shape index (κ3) is 4.06. The lowest BCUT2D eigenvalue weighted by molar-refractivity contribution is -0.139. The molecule has 0 bridgehead atoms. The molecule has 0 radical (unpaired) electrons. The van der Waals surface area contributed by atoms with E-state index in [0.717, 1.165) is 4.88 Å². The van der Waals surface area contributed by atoms with E-state index in [1.807, 2.05) is 29.6 Å². The van der Waals surface area contributed by atoms with Crippen LogP contribution in [0.4, 0.5) is 0 Å². The van der Waals surface area contributed by atoms with Crippen LogP contribution in [0, 0.1) is 0 Å². The fourth-order valence-corrected chi connectivity index (χ4v) is 2.62. The first-order valence-electron chi connectivity index (χ1n) is 6.68. The lowest BCUT2D eigenvalue weighted by atomic mass is 10.2. The van der Waals surface area contributed by atoms with E-state index in [2.05, 4.69) is 10.1 Å². The highest BCUT2D eigenvalue weighted by molar-refractivity contribution is 7.10. The Morgan fingerprint density at radius 3 is 2.96 bits per heavy atom. The highest BCUT2D eigenvalue weighted by Crippen LogP contribution is 2.24. The number of carbonyl (C=O) groups excluding carboxylic acids is 1. The van der Waals surface area contributed by atoms with Crippen molar-refractivity contribution in [2.45, 2.75) is 6.61 Å². The van der Waals surface area contributed by atoms with Gasteiger partial charge in [-0.2, -0.15) is 4.98 Å². The molecular formula is C16H11ClN2O3S. The highest BCUT2D eigenvalue weighted by Gasteiger charge is 2.12. The van der Waals surface area contributed by atoms with Crippen molar-refractivity contribution in [3.05, 3.63) is 63.6 Å². The van der Waals surface area contributed by atoms with Crippen LogP contribution in [0.2, 0.25) is 5.02 Å². The molecule has 0 saturated carbocycles. The maximum atomic E-state index is 11.6. The molecule has 0 fully saturated rings. The number of hydrogen-bond donors (Lipinski definition) is 0. The summed E-state index contributed by atoms with van der Waals surface area (Å²) in [6.07, 6.45) is 3.05. The van der Waals surface area contributed by atoms with Gasteiger partial charge in [0.25, 0.3) is 5.89 Å². The van der Waals surface area contributed by atoms with Gasteiger partial charge in [-0.25, -0.2) is 4.79 Å².